The van der Waals surface area contributed by atoms with E-state index < -0.39 is 10.8 Å². The number of nitrogens with zero attached hydrogens (tertiary/aromatic N) is 5. The quantitative estimate of drug-likeness (QED) is 0.374. The number of fused-ring (bicyclic) bond motifs is 1. The van der Waals surface area contributed by atoms with Crippen molar-refractivity contribution in [3.05, 3.63) is 80.3 Å². The Morgan fingerprint density at radius 3 is 2.78 bits per heavy atom. The molecule has 4 rings (SSSR count). The molecule has 0 spiro atoms. The highest BCUT2D eigenvalue weighted by atomic mass is 16.6. The fourth-order valence-corrected chi connectivity index (χ4v) is 3.65. The molecule has 0 atom stereocenters. The van der Waals surface area contributed by atoms with Crippen molar-refractivity contribution in [3.63, 3.8) is 0 Å². The summed E-state index contributed by atoms with van der Waals surface area (Å²) in [6.45, 7) is 3.75. The highest BCUT2D eigenvalue weighted by Gasteiger charge is 2.22. The van der Waals surface area contributed by atoms with Crippen molar-refractivity contribution >= 4 is 29.3 Å². The molecule has 10 heteroatoms. The van der Waals surface area contributed by atoms with Crippen LogP contribution in [0, 0.1) is 16.0 Å². The predicted octanol–water partition coefficient (Wildman–Crippen LogP) is 2.60. The molecule has 1 aliphatic rings. The van der Waals surface area contributed by atoms with Gasteiger partial charge in [-0.05, 0) is 37.0 Å². The van der Waals surface area contributed by atoms with Crippen LogP contribution in [-0.4, -0.2) is 39.5 Å². The fourth-order valence-electron chi connectivity index (χ4n) is 3.65. The molecule has 1 N–H and O–H groups in total. The lowest BCUT2D eigenvalue weighted by atomic mass is 9.99. The summed E-state index contributed by atoms with van der Waals surface area (Å²) in [7, 11) is 0. The molecule has 1 fully saturated rings. The van der Waals surface area contributed by atoms with Crippen LogP contribution in [0.25, 0.3) is 5.65 Å². The zero-order chi connectivity index (χ0) is 22.7. The maximum atomic E-state index is 13.1. The second kappa shape index (κ2) is 8.96. The third kappa shape index (κ3) is 4.34. The lowest BCUT2D eigenvalue weighted by Gasteiger charge is -2.32. The van der Waals surface area contributed by atoms with Crippen molar-refractivity contribution < 1.29 is 9.72 Å². The number of carbonyl (C=O) groups is 1. The summed E-state index contributed by atoms with van der Waals surface area (Å²) in [6.07, 6.45) is 4.91. The Balaban J connectivity index is 1.64. The summed E-state index contributed by atoms with van der Waals surface area (Å²) in [6, 6.07) is 10.7. The minimum Gasteiger partial charge on any atom is -0.356 e. The van der Waals surface area contributed by atoms with E-state index in [9.17, 15) is 19.7 Å². The number of nitro benzene ring substituents is 1. The fraction of sp³-hybridized carbons (Fsp3) is 0.273. The number of amides is 1. The molecule has 2 aromatic heterocycles. The van der Waals surface area contributed by atoms with Gasteiger partial charge in [-0.1, -0.05) is 19.1 Å². The molecule has 0 radical (unpaired) electrons. The van der Waals surface area contributed by atoms with Gasteiger partial charge in [-0.3, -0.25) is 24.1 Å². The number of nitro groups is 1. The standard InChI is InChI=1S/C22H22N6O4/c1-15-8-11-26(12-9-15)20-18(22(30)27-10-3-2-7-19(27)24-20)14-23-25-21(29)16-5-4-6-17(13-16)28(31)32/h2-7,10,13-15H,8-9,11-12H2,1H3,(H,25,29). The number of hydrazone groups is 1. The normalized spacial score (nSPS) is 14.7. The summed E-state index contributed by atoms with van der Waals surface area (Å²) >= 11 is 0. The van der Waals surface area contributed by atoms with Crippen molar-refractivity contribution in [2.45, 2.75) is 19.8 Å². The maximum Gasteiger partial charge on any atom is 0.271 e. The van der Waals surface area contributed by atoms with E-state index in [-0.39, 0.29) is 22.4 Å². The number of carbonyl (C=O) groups excluding carboxylic acids is 1. The van der Waals surface area contributed by atoms with Gasteiger partial charge in [0.2, 0.25) is 0 Å². The minimum absolute atomic E-state index is 0.0925. The van der Waals surface area contributed by atoms with Gasteiger partial charge in [0.15, 0.2) is 0 Å². The molecule has 164 valence electrons. The first kappa shape index (κ1) is 21.2. The van der Waals surface area contributed by atoms with Gasteiger partial charge in [-0.25, -0.2) is 10.4 Å². The Hall–Kier alpha value is -4.08. The van der Waals surface area contributed by atoms with E-state index in [4.69, 9.17) is 0 Å². The monoisotopic (exact) mass is 434 g/mol. The van der Waals surface area contributed by atoms with Gasteiger partial charge in [0.1, 0.15) is 17.0 Å². The molecule has 1 aliphatic heterocycles. The number of anilines is 1. The van der Waals surface area contributed by atoms with Crippen LogP contribution in [0.3, 0.4) is 0 Å². The van der Waals surface area contributed by atoms with Crippen molar-refractivity contribution in [2.24, 2.45) is 11.0 Å². The molecule has 0 aliphatic carbocycles. The van der Waals surface area contributed by atoms with Gasteiger partial charge in [-0.2, -0.15) is 5.10 Å². The minimum atomic E-state index is -0.618. The van der Waals surface area contributed by atoms with Crippen molar-refractivity contribution in [1.82, 2.24) is 14.8 Å². The molecule has 3 aromatic rings. The Morgan fingerprint density at radius 1 is 1.25 bits per heavy atom. The number of benzene rings is 1. The first-order chi connectivity index (χ1) is 15.4. The van der Waals surface area contributed by atoms with Gasteiger partial charge < -0.3 is 4.90 Å². The van der Waals surface area contributed by atoms with Crippen LogP contribution >= 0.6 is 0 Å². The van der Waals surface area contributed by atoms with Crippen LogP contribution in [0.4, 0.5) is 11.5 Å². The number of hydrogen-bond acceptors (Lipinski definition) is 7. The zero-order valence-corrected chi connectivity index (χ0v) is 17.5. The average molecular weight is 434 g/mol. The lowest BCUT2D eigenvalue weighted by molar-refractivity contribution is -0.384. The highest BCUT2D eigenvalue weighted by molar-refractivity contribution is 5.96. The summed E-state index contributed by atoms with van der Waals surface area (Å²) in [5.74, 6) is 0.521. The van der Waals surface area contributed by atoms with E-state index in [2.05, 4.69) is 27.3 Å². The van der Waals surface area contributed by atoms with Crippen LogP contribution in [0.1, 0.15) is 35.7 Å². The third-order valence-electron chi connectivity index (χ3n) is 5.51. The molecular formula is C22H22N6O4. The van der Waals surface area contributed by atoms with Gasteiger partial charge in [0.05, 0.1) is 11.1 Å². The van der Waals surface area contributed by atoms with Gasteiger partial charge in [-0.15, -0.1) is 0 Å². The number of rotatable bonds is 5. The van der Waals surface area contributed by atoms with E-state index >= 15 is 0 Å². The Morgan fingerprint density at radius 2 is 2.03 bits per heavy atom. The molecule has 10 nitrogen and oxygen atoms in total. The number of hydrogen-bond donors (Lipinski definition) is 1. The second-order valence-electron chi connectivity index (χ2n) is 7.76. The van der Waals surface area contributed by atoms with E-state index in [1.807, 2.05) is 6.07 Å². The topological polar surface area (TPSA) is 122 Å². The summed E-state index contributed by atoms with van der Waals surface area (Å²) in [5.41, 5.74) is 2.74. The molecule has 0 unspecified atom stereocenters. The molecule has 32 heavy (non-hydrogen) atoms. The molecule has 3 heterocycles. The molecule has 1 amide bonds. The average Bonchev–Trinajstić information content (AvgIpc) is 2.81. The lowest BCUT2D eigenvalue weighted by Crippen LogP contribution is -2.36. The van der Waals surface area contributed by atoms with Crippen LogP contribution < -0.4 is 15.9 Å². The molecule has 1 aromatic carbocycles. The van der Waals surface area contributed by atoms with Crippen molar-refractivity contribution in [3.8, 4) is 0 Å². The largest absolute Gasteiger partial charge is 0.356 e. The number of aromatic nitrogens is 2. The number of pyridine rings is 1. The SMILES string of the molecule is CC1CCN(c2nc3ccccn3c(=O)c2C=NNC(=O)c2cccc([N+](=O)[O-])c2)CC1. The molecule has 0 saturated carbocycles. The van der Waals surface area contributed by atoms with Crippen LogP contribution in [0.2, 0.25) is 0 Å². The van der Waals surface area contributed by atoms with Gasteiger partial charge in [0, 0.05) is 37.0 Å². The zero-order valence-electron chi connectivity index (χ0n) is 17.5. The molecule has 0 bridgehead atoms. The van der Waals surface area contributed by atoms with E-state index in [1.54, 1.807) is 18.3 Å². The number of nitrogens with one attached hydrogen (secondary N) is 1. The molecular weight excluding hydrogens is 412 g/mol. The number of non-ortho nitro benzene ring substituents is 1. The molecule has 1 saturated heterocycles. The van der Waals surface area contributed by atoms with Crippen LogP contribution in [-0.2, 0) is 0 Å². The van der Waals surface area contributed by atoms with E-state index in [0.29, 0.717) is 17.4 Å². The summed E-state index contributed by atoms with van der Waals surface area (Å²) in [4.78, 5) is 42.6. The van der Waals surface area contributed by atoms with Crippen molar-refractivity contribution in [1.29, 1.82) is 0 Å². The van der Waals surface area contributed by atoms with Crippen LogP contribution in [0.15, 0.2) is 58.6 Å². The third-order valence-corrected chi connectivity index (χ3v) is 5.51. The first-order valence-corrected chi connectivity index (χ1v) is 10.3. The van der Waals surface area contributed by atoms with E-state index in [1.165, 1.54) is 28.8 Å². The van der Waals surface area contributed by atoms with Gasteiger partial charge in [0.25, 0.3) is 17.2 Å². The van der Waals surface area contributed by atoms with E-state index in [0.717, 1.165) is 32.0 Å². The Labute approximate surface area is 183 Å². The Kier molecular flexibility index (Phi) is 5.93. The van der Waals surface area contributed by atoms with Gasteiger partial charge >= 0.3 is 0 Å². The second-order valence-corrected chi connectivity index (χ2v) is 7.76. The predicted molar refractivity (Wildman–Crippen MR) is 120 cm³/mol. The first-order valence-electron chi connectivity index (χ1n) is 10.3. The highest BCUT2D eigenvalue weighted by Crippen LogP contribution is 2.23. The summed E-state index contributed by atoms with van der Waals surface area (Å²) < 4.78 is 1.43. The summed E-state index contributed by atoms with van der Waals surface area (Å²) in [5, 5.41) is 14.9. The number of piperidine rings is 1. The maximum absolute atomic E-state index is 13.1. The Bertz CT molecular complexity index is 1260. The van der Waals surface area contributed by atoms with Crippen molar-refractivity contribution in [2.75, 3.05) is 18.0 Å². The smallest absolute Gasteiger partial charge is 0.271 e. The van der Waals surface area contributed by atoms with Crippen LogP contribution in [0.5, 0.6) is 0 Å².